The maximum Gasteiger partial charge on any atom is 0.328 e. The van der Waals surface area contributed by atoms with Crippen molar-refractivity contribution in [2.75, 3.05) is 28.4 Å². The van der Waals surface area contributed by atoms with Crippen molar-refractivity contribution < 1.29 is 33.3 Å². The molecule has 188 valence electrons. The molecule has 0 radical (unpaired) electrons. The van der Waals surface area contributed by atoms with E-state index >= 15 is 0 Å². The number of esters is 1. The minimum absolute atomic E-state index is 0.0375. The second-order valence-corrected chi connectivity index (χ2v) is 8.72. The van der Waals surface area contributed by atoms with Crippen molar-refractivity contribution in [3.8, 4) is 28.7 Å². The zero-order valence-electron chi connectivity index (χ0n) is 21.1. The zero-order chi connectivity index (χ0) is 25.7. The van der Waals surface area contributed by atoms with E-state index in [1.54, 1.807) is 39.5 Å². The van der Waals surface area contributed by atoms with Gasteiger partial charge in [-0.1, -0.05) is 19.9 Å². The van der Waals surface area contributed by atoms with Gasteiger partial charge < -0.3 is 29.4 Å². The first kappa shape index (κ1) is 26.1. The average molecular weight is 484 g/mol. The standard InChI is InChI=1S/C27H33NO7/c1-15(2)11-21(28)27(30)35-23-12-16(7-10-22(23)31-3)19-13-17(29)8-9-18-20(19)14-24(32-4)26(34-6)25(18)33-5/h7,10,12-15,21H,8-9,11,28H2,1-6H3/t21-/m0/s1. The number of ether oxygens (including phenoxy) is 5. The summed E-state index contributed by atoms with van der Waals surface area (Å²) in [6.07, 6.45) is 2.87. The van der Waals surface area contributed by atoms with Gasteiger partial charge in [-0.3, -0.25) is 4.79 Å². The minimum atomic E-state index is -0.760. The molecule has 0 bridgehead atoms. The Morgan fingerprint density at radius 1 is 0.914 bits per heavy atom. The molecule has 0 aromatic heterocycles. The number of ketones is 1. The smallest absolute Gasteiger partial charge is 0.328 e. The van der Waals surface area contributed by atoms with E-state index in [0.717, 1.165) is 11.1 Å². The highest BCUT2D eigenvalue weighted by molar-refractivity contribution is 6.03. The molecule has 8 nitrogen and oxygen atoms in total. The first-order chi connectivity index (χ1) is 16.7. The van der Waals surface area contributed by atoms with Gasteiger partial charge in [-0.15, -0.1) is 0 Å². The van der Waals surface area contributed by atoms with Gasteiger partial charge in [0.05, 0.1) is 28.4 Å². The van der Waals surface area contributed by atoms with Gasteiger partial charge in [0.15, 0.2) is 28.8 Å². The first-order valence-corrected chi connectivity index (χ1v) is 11.5. The number of carbonyl (C=O) groups is 2. The summed E-state index contributed by atoms with van der Waals surface area (Å²) in [7, 11) is 6.13. The predicted molar refractivity (Wildman–Crippen MR) is 133 cm³/mol. The number of benzene rings is 2. The summed E-state index contributed by atoms with van der Waals surface area (Å²) in [6.45, 7) is 3.97. The van der Waals surface area contributed by atoms with Gasteiger partial charge in [-0.25, -0.2) is 4.79 Å². The van der Waals surface area contributed by atoms with Gasteiger partial charge >= 0.3 is 5.97 Å². The summed E-state index contributed by atoms with van der Waals surface area (Å²) in [6, 6.07) is 6.25. The summed E-state index contributed by atoms with van der Waals surface area (Å²) in [5.74, 6) is 1.71. The molecule has 8 heteroatoms. The van der Waals surface area contributed by atoms with Crippen molar-refractivity contribution in [3.63, 3.8) is 0 Å². The number of hydrogen-bond acceptors (Lipinski definition) is 8. The molecule has 35 heavy (non-hydrogen) atoms. The van der Waals surface area contributed by atoms with Crippen LogP contribution in [0.25, 0.3) is 5.57 Å². The Bertz CT molecular complexity index is 1140. The summed E-state index contributed by atoms with van der Waals surface area (Å²) >= 11 is 0. The van der Waals surface area contributed by atoms with E-state index < -0.39 is 12.0 Å². The third kappa shape index (κ3) is 5.59. The molecule has 0 heterocycles. The van der Waals surface area contributed by atoms with Crippen molar-refractivity contribution in [1.29, 1.82) is 0 Å². The number of carbonyl (C=O) groups excluding carboxylic acids is 2. The van der Waals surface area contributed by atoms with Crippen LogP contribution in [0.2, 0.25) is 0 Å². The van der Waals surface area contributed by atoms with Gasteiger partial charge in [-0.2, -0.15) is 0 Å². The maximum atomic E-state index is 12.7. The molecular weight excluding hydrogens is 450 g/mol. The van der Waals surface area contributed by atoms with Gasteiger partial charge in [0.1, 0.15) is 6.04 Å². The summed E-state index contributed by atoms with van der Waals surface area (Å²) in [5, 5.41) is 0. The molecule has 1 aliphatic rings. The number of allylic oxidation sites excluding steroid dienone is 1. The van der Waals surface area contributed by atoms with E-state index in [-0.39, 0.29) is 17.5 Å². The second-order valence-electron chi connectivity index (χ2n) is 8.72. The molecule has 2 N–H and O–H groups in total. The fraction of sp³-hybridized carbons (Fsp3) is 0.407. The maximum absolute atomic E-state index is 12.7. The van der Waals surface area contributed by atoms with Crippen LogP contribution in [0.4, 0.5) is 0 Å². The zero-order valence-corrected chi connectivity index (χ0v) is 21.1. The van der Waals surface area contributed by atoms with E-state index in [9.17, 15) is 9.59 Å². The number of rotatable bonds is 9. The van der Waals surface area contributed by atoms with Crippen molar-refractivity contribution in [3.05, 3.63) is 47.0 Å². The quantitative estimate of drug-likeness (QED) is 0.422. The highest BCUT2D eigenvalue weighted by atomic mass is 16.6. The monoisotopic (exact) mass is 483 g/mol. The van der Waals surface area contributed by atoms with E-state index in [1.165, 1.54) is 7.11 Å². The highest BCUT2D eigenvalue weighted by Gasteiger charge is 2.27. The molecular formula is C27H33NO7. The Hall–Kier alpha value is -3.52. The normalized spacial score (nSPS) is 13.9. The lowest BCUT2D eigenvalue weighted by molar-refractivity contribution is -0.136. The predicted octanol–water partition coefficient (Wildman–Crippen LogP) is 3.95. The first-order valence-electron chi connectivity index (χ1n) is 11.5. The molecule has 3 rings (SSSR count). The Balaban J connectivity index is 2.14. The number of hydrogen-bond donors (Lipinski definition) is 1. The molecule has 0 amide bonds. The fourth-order valence-electron chi connectivity index (χ4n) is 4.21. The molecule has 1 aliphatic carbocycles. The average Bonchev–Trinajstić information content (AvgIpc) is 3.00. The largest absolute Gasteiger partial charge is 0.493 e. The lowest BCUT2D eigenvalue weighted by Gasteiger charge is -2.20. The van der Waals surface area contributed by atoms with Gasteiger partial charge in [0.2, 0.25) is 5.75 Å². The van der Waals surface area contributed by atoms with Crippen LogP contribution in [0.1, 0.15) is 43.4 Å². The van der Waals surface area contributed by atoms with Gasteiger partial charge in [-0.05, 0) is 59.7 Å². The van der Waals surface area contributed by atoms with Crippen LogP contribution < -0.4 is 29.4 Å². The number of methoxy groups -OCH3 is 4. The third-order valence-electron chi connectivity index (χ3n) is 5.86. The molecule has 1 atom stereocenters. The van der Waals surface area contributed by atoms with E-state index in [2.05, 4.69) is 0 Å². The van der Waals surface area contributed by atoms with Gasteiger partial charge in [0.25, 0.3) is 0 Å². The Morgan fingerprint density at radius 2 is 1.60 bits per heavy atom. The number of nitrogens with two attached hydrogens (primary N) is 1. The van der Waals surface area contributed by atoms with Crippen LogP contribution in [0.3, 0.4) is 0 Å². The van der Waals surface area contributed by atoms with Crippen LogP contribution >= 0.6 is 0 Å². The minimum Gasteiger partial charge on any atom is -0.493 e. The molecule has 0 spiro atoms. The fourth-order valence-corrected chi connectivity index (χ4v) is 4.21. The number of fused-ring (bicyclic) bond motifs is 1. The Morgan fingerprint density at radius 3 is 2.20 bits per heavy atom. The molecule has 0 aliphatic heterocycles. The van der Waals surface area contributed by atoms with E-state index in [0.29, 0.717) is 53.4 Å². The molecule has 0 unspecified atom stereocenters. The van der Waals surface area contributed by atoms with Crippen LogP contribution in [-0.2, 0) is 16.0 Å². The second kappa shape index (κ2) is 11.3. The van der Waals surface area contributed by atoms with Crippen LogP contribution in [0.5, 0.6) is 28.7 Å². The van der Waals surface area contributed by atoms with Crippen molar-refractivity contribution in [1.82, 2.24) is 0 Å². The van der Waals surface area contributed by atoms with E-state index in [4.69, 9.17) is 29.4 Å². The molecule has 0 saturated carbocycles. The summed E-state index contributed by atoms with van der Waals surface area (Å²) in [4.78, 5) is 25.3. The van der Waals surface area contributed by atoms with Crippen LogP contribution in [0, 0.1) is 5.92 Å². The molecule has 0 saturated heterocycles. The summed E-state index contributed by atoms with van der Waals surface area (Å²) in [5.41, 5.74) is 8.93. The third-order valence-corrected chi connectivity index (χ3v) is 5.86. The highest BCUT2D eigenvalue weighted by Crippen LogP contribution is 2.47. The lowest BCUT2D eigenvalue weighted by Crippen LogP contribution is -2.35. The molecule has 2 aromatic rings. The van der Waals surface area contributed by atoms with Crippen LogP contribution in [-0.4, -0.2) is 46.2 Å². The van der Waals surface area contributed by atoms with E-state index in [1.807, 2.05) is 26.0 Å². The van der Waals surface area contributed by atoms with Crippen LogP contribution in [0.15, 0.2) is 30.3 Å². The SMILES string of the molecule is COc1ccc(C2=CC(=O)CCc3c2cc(OC)c(OC)c3OC)cc1OC(=O)[C@@H](N)CC(C)C. The van der Waals surface area contributed by atoms with Crippen molar-refractivity contribution in [2.24, 2.45) is 11.7 Å². The van der Waals surface area contributed by atoms with Gasteiger partial charge in [0, 0.05) is 12.0 Å². The van der Waals surface area contributed by atoms with Crippen molar-refractivity contribution >= 4 is 17.3 Å². The molecule has 0 fully saturated rings. The Labute approximate surface area is 205 Å². The van der Waals surface area contributed by atoms with Crippen molar-refractivity contribution in [2.45, 2.75) is 39.2 Å². The lowest BCUT2D eigenvalue weighted by atomic mass is 9.92. The topological polar surface area (TPSA) is 106 Å². The summed E-state index contributed by atoms with van der Waals surface area (Å²) < 4.78 is 27.8. The molecule has 2 aromatic carbocycles. The Kier molecular flexibility index (Phi) is 8.40.